The van der Waals surface area contributed by atoms with E-state index in [1.165, 1.54) is 6.07 Å². The third-order valence-corrected chi connectivity index (χ3v) is 4.53. The van der Waals surface area contributed by atoms with Crippen molar-refractivity contribution >= 4 is 5.91 Å². The van der Waals surface area contributed by atoms with Gasteiger partial charge in [-0.1, -0.05) is 36.4 Å². The molecular formula is C21H22FN3O. The van der Waals surface area contributed by atoms with Crippen molar-refractivity contribution in [3.8, 4) is 5.69 Å². The van der Waals surface area contributed by atoms with Crippen molar-refractivity contribution in [1.82, 2.24) is 15.1 Å². The topological polar surface area (TPSA) is 46.9 Å². The predicted molar refractivity (Wildman–Crippen MR) is 99.7 cm³/mol. The van der Waals surface area contributed by atoms with Crippen LogP contribution in [-0.4, -0.2) is 15.7 Å². The summed E-state index contributed by atoms with van der Waals surface area (Å²) in [6, 6.07) is 15.9. The average molecular weight is 351 g/mol. The Bertz CT molecular complexity index is 918. The van der Waals surface area contributed by atoms with Crippen LogP contribution in [0.5, 0.6) is 0 Å². The zero-order valence-electron chi connectivity index (χ0n) is 15.2. The molecule has 1 amide bonds. The van der Waals surface area contributed by atoms with Crippen molar-refractivity contribution in [2.75, 3.05) is 0 Å². The van der Waals surface area contributed by atoms with Gasteiger partial charge in [-0.2, -0.15) is 5.10 Å². The molecule has 0 fully saturated rings. The summed E-state index contributed by atoms with van der Waals surface area (Å²) in [4.78, 5) is 12.5. The maximum Gasteiger partial charge on any atom is 0.225 e. The normalized spacial score (nSPS) is 12.0. The molecule has 1 aromatic heterocycles. The number of carbonyl (C=O) groups is 1. The molecule has 2 aromatic carbocycles. The number of nitrogens with zero attached hydrogens (tertiary/aromatic N) is 2. The molecule has 0 aliphatic heterocycles. The highest BCUT2D eigenvalue weighted by Crippen LogP contribution is 2.20. The lowest BCUT2D eigenvalue weighted by Gasteiger charge is -2.15. The van der Waals surface area contributed by atoms with Gasteiger partial charge in [0.2, 0.25) is 5.91 Å². The first kappa shape index (κ1) is 17.9. The highest BCUT2D eigenvalue weighted by atomic mass is 19.1. The quantitative estimate of drug-likeness (QED) is 0.754. The molecule has 0 saturated heterocycles. The van der Waals surface area contributed by atoms with Gasteiger partial charge in [-0.05, 0) is 39.0 Å². The number of aryl methyl sites for hydroxylation is 1. The molecule has 1 heterocycles. The van der Waals surface area contributed by atoms with Crippen LogP contribution < -0.4 is 5.32 Å². The number of halogens is 1. The van der Waals surface area contributed by atoms with E-state index in [9.17, 15) is 9.18 Å². The number of amides is 1. The minimum absolute atomic E-state index is 0.153. The Morgan fingerprint density at radius 1 is 1.12 bits per heavy atom. The zero-order valence-corrected chi connectivity index (χ0v) is 15.2. The predicted octanol–water partition coefficient (Wildman–Crippen LogP) is 4.05. The molecule has 26 heavy (non-hydrogen) atoms. The fraction of sp³-hybridized carbons (Fsp3) is 0.238. The highest BCUT2D eigenvalue weighted by Gasteiger charge is 2.18. The summed E-state index contributed by atoms with van der Waals surface area (Å²) < 4.78 is 15.7. The fourth-order valence-electron chi connectivity index (χ4n) is 3.11. The minimum atomic E-state index is -0.395. The third-order valence-electron chi connectivity index (χ3n) is 4.53. The monoisotopic (exact) mass is 351 g/mol. The van der Waals surface area contributed by atoms with E-state index >= 15 is 0 Å². The molecule has 1 unspecified atom stereocenters. The van der Waals surface area contributed by atoms with Crippen molar-refractivity contribution in [1.29, 1.82) is 0 Å². The first-order valence-electron chi connectivity index (χ1n) is 8.61. The number of carbonyl (C=O) groups excluding carboxylic acids is 1. The number of rotatable bonds is 5. The van der Waals surface area contributed by atoms with Crippen LogP contribution >= 0.6 is 0 Å². The van der Waals surface area contributed by atoms with Gasteiger partial charge in [0, 0.05) is 16.8 Å². The molecule has 0 bridgehead atoms. The molecule has 0 spiro atoms. The average Bonchev–Trinajstić information content (AvgIpc) is 2.91. The summed E-state index contributed by atoms with van der Waals surface area (Å²) in [7, 11) is 0. The molecule has 1 atom stereocenters. The van der Waals surface area contributed by atoms with Gasteiger partial charge in [0.15, 0.2) is 0 Å². The highest BCUT2D eigenvalue weighted by molar-refractivity contribution is 5.79. The Labute approximate surface area is 152 Å². The van der Waals surface area contributed by atoms with Crippen molar-refractivity contribution in [2.45, 2.75) is 33.2 Å². The van der Waals surface area contributed by atoms with E-state index in [1.54, 1.807) is 25.1 Å². The molecule has 3 rings (SSSR count). The molecule has 4 nitrogen and oxygen atoms in total. The van der Waals surface area contributed by atoms with Gasteiger partial charge in [-0.25, -0.2) is 9.07 Å². The second-order valence-electron chi connectivity index (χ2n) is 6.38. The second kappa shape index (κ2) is 7.52. The van der Waals surface area contributed by atoms with Crippen LogP contribution in [0.4, 0.5) is 4.39 Å². The maximum atomic E-state index is 13.9. The number of para-hydroxylation sites is 1. The van der Waals surface area contributed by atoms with E-state index < -0.39 is 6.04 Å². The summed E-state index contributed by atoms with van der Waals surface area (Å²) in [5.41, 5.74) is 4.09. The van der Waals surface area contributed by atoms with Gasteiger partial charge in [0.25, 0.3) is 0 Å². The van der Waals surface area contributed by atoms with Crippen molar-refractivity contribution in [3.63, 3.8) is 0 Å². The molecule has 0 aliphatic carbocycles. The largest absolute Gasteiger partial charge is 0.349 e. The Hall–Kier alpha value is -2.95. The standard InChI is InChI=1S/C21H22FN3O/c1-14(18-11-7-8-12-20(18)22)23-21(26)13-19-15(2)24-25(16(19)3)17-9-5-4-6-10-17/h4-12,14H,13H2,1-3H3,(H,23,26). The summed E-state index contributed by atoms with van der Waals surface area (Å²) in [5.74, 6) is -0.468. The van der Waals surface area contributed by atoms with Gasteiger partial charge in [0.05, 0.1) is 23.8 Å². The van der Waals surface area contributed by atoms with Crippen LogP contribution in [0.1, 0.15) is 35.5 Å². The lowest BCUT2D eigenvalue weighted by Crippen LogP contribution is -2.29. The van der Waals surface area contributed by atoms with Gasteiger partial charge in [-0.3, -0.25) is 4.79 Å². The van der Waals surface area contributed by atoms with Crippen LogP contribution in [0.15, 0.2) is 54.6 Å². The number of aromatic nitrogens is 2. The lowest BCUT2D eigenvalue weighted by atomic mass is 10.1. The van der Waals surface area contributed by atoms with Gasteiger partial charge in [-0.15, -0.1) is 0 Å². The molecule has 1 N–H and O–H groups in total. The van der Waals surface area contributed by atoms with E-state index in [4.69, 9.17) is 0 Å². The van der Waals surface area contributed by atoms with E-state index in [0.717, 1.165) is 22.6 Å². The van der Waals surface area contributed by atoms with Crippen LogP contribution in [0, 0.1) is 19.7 Å². The number of benzene rings is 2. The molecule has 134 valence electrons. The van der Waals surface area contributed by atoms with Gasteiger partial charge >= 0.3 is 0 Å². The summed E-state index contributed by atoms with van der Waals surface area (Å²) in [6.45, 7) is 5.63. The summed E-state index contributed by atoms with van der Waals surface area (Å²) >= 11 is 0. The second-order valence-corrected chi connectivity index (χ2v) is 6.38. The Morgan fingerprint density at radius 3 is 2.46 bits per heavy atom. The van der Waals surface area contributed by atoms with E-state index in [2.05, 4.69) is 10.4 Å². The molecule has 3 aromatic rings. The van der Waals surface area contributed by atoms with Crippen molar-refractivity contribution in [2.24, 2.45) is 0 Å². The molecule has 0 aliphatic rings. The number of hydrogen-bond donors (Lipinski definition) is 1. The Balaban J connectivity index is 1.76. The van der Waals surface area contributed by atoms with Crippen LogP contribution in [0.2, 0.25) is 0 Å². The molecule has 0 radical (unpaired) electrons. The van der Waals surface area contributed by atoms with Crippen LogP contribution in [-0.2, 0) is 11.2 Å². The van der Waals surface area contributed by atoms with E-state index in [1.807, 2.05) is 48.9 Å². The fourth-order valence-corrected chi connectivity index (χ4v) is 3.11. The van der Waals surface area contributed by atoms with Crippen LogP contribution in [0.3, 0.4) is 0 Å². The maximum absolute atomic E-state index is 13.9. The van der Waals surface area contributed by atoms with E-state index in [0.29, 0.717) is 5.56 Å². The molecular weight excluding hydrogens is 329 g/mol. The molecule has 0 saturated carbocycles. The van der Waals surface area contributed by atoms with E-state index in [-0.39, 0.29) is 18.1 Å². The molecule has 5 heteroatoms. The number of nitrogens with one attached hydrogen (secondary N) is 1. The Kier molecular flexibility index (Phi) is 5.16. The summed E-state index contributed by atoms with van der Waals surface area (Å²) in [5, 5.41) is 7.43. The summed E-state index contributed by atoms with van der Waals surface area (Å²) in [6.07, 6.45) is 0.212. The van der Waals surface area contributed by atoms with Crippen LogP contribution in [0.25, 0.3) is 5.69 Å². The minimum Gasteiger partial charge on any atom is -0.349 e. The van der Waals surface area contributed by atoms with Crippen molar-refractivity contribution < 1.29 is 9.18 Å². The first-order valence-corrected chi connectivity index (χ1v) is 8.61. The Morgan fingerprint density at radius 2 is 1.77 bits per heavy atom. The number of hydrogen-bond acceptors (Lipinski definition) is 2. The lowest BCUT2D eigenvalue weighted by molar-refractivity contribution is -0.121. The first-order chi connectivity index (χ1) is 12.5. The smallest absolute Gasteiger partial charge is 0.225 e. The van der Waals surface area contributed by atoms with Gasteiger partial charge < -0.3 is 5.32 Å². The van der Waals surface area contributed by atoms with Gasteiger partial charge in [0.1, 0.15) is 5.82 Å². The third kappa shape index (κ3) is 3.67. The zero-order chi connectivity index (χ0) is 18.7. The van der Waals surface area contributed by atoms with Crippen molar-refractivity contribution in [3.05, 3.63) is 82.9 Å². The SMILES string of the molecule is Cc1nn(-c2ccccc2)c(C)c1CC(=O)NC(C)c1ccccc1F.